The summed E-state index contributed by atoms with van der Waals surface area (Å²) in [7, 11) is 0. The Hall–Kier alpha value is -1.42. The highest BCUT2D eigenvalue weighted by molar-refractivity contribution is 6.09. The van der Waals surface area contributed by atoms with Crippen LogP contribution in [0, 0.1) is 5.82 Å². The molecule has 4 heteroatoms. The van der Waals surface area contributed by atoms with Crippen molar-refractivity contribution in [1.29, 1.82) is 0 Å². The fourth-order valence-corrected chi connectivity index (χ4v) is 1.21. The Balaban J connectivity index is 2.56. The van der Waals surface area contributed by atoms with Crippen LogP contribution < -0.4 is 5.32 Å². The first kappa shape index (κ1) is 7.24. The Kier molecular flexibility index (Phi) is 1.38. The largest absolute Gasteiger partial charge is 0.367 e. The van der Waals surface area contributed by atoms with Gasteiger partial charge in [0.1, 0.15) is 5.82 Å². The normalized spacial score (nSPS) is 20.5. The molecule has 1 heterocycles. The number of aliphatic hydroxyl groups is 1. The number of rotatable bonds is 0. The molecule has 1 aromatic carbocycles. The second-order valence-electron chi connectivity index (χ2n) is 2.60. The number of benzene rings is 1. The van der Waals surface area contributed by atoms with Crippen molar-refractivity contribution >= 4 is 11.5 Å². The Morgan fingerprint density at radius 3 is 3.00 bits per heavy atom. The maximum absolute atomic E-state index is 12.6. The lowest BCUT2D eigenvalue weighted by atomic mass is 10.1. The van der Waals surface area contributed by atoms with E-state index in [1.54, 1.807) is 0 Å². The van der Waals surface area contributed by atoms with Crippen molar-refractivity contribution in [3.05, 3.63) is 29.6 Å². The summed E-state index contributed by atoms with van der Waals surface area (Å²) in [4.78, 5) is 11.1. The molecule has 1 aromatic rings. The van der Waals surface area contributed by atoms with Crippen LogP contribution in [0.25, 0.3) is 0 Å². The molecule has 62 valence electrons. The first-order valence-corrected chi connectivity index (χ1v) is 3.47. The third-order valence-electron chi connectivity index (χ3n) is 1.79. The highest BCUT2D eigenvalue weighted by Crippen LogP contribution is 2.24. The van der Waals surface area contributed by atoms with Gasteiger partial charge in [-0.15, -0.1) is 0 Å². The van der Waals surface area contributed by atoms with Crippen LogP contribution in [-0.2, 0) is 0 Å². The molecule has 1 unspecified atom stereocenters. The van der Waals surface area contributed by atoms with Gasteiger partial charge in [-0.2, -0.15) is 0 Å². The maximum atomic E-state index is 12.6. The van der Waals surface area contributed by atoms with Gasteiger partial charge in [0.05, 0.1) is 0 Å². The molecule has 0 bridgehead atoms. The molecule has 2 N–H and O–H groups in total. The summed E-state index contributed by atoms with van der Waals surface area (Å²) >= 11 is 0. The van der Waals surface area contributed by atoms with Gasteiger partial charge in [0.25, 0.3) is 0 Å². The summed E-state index contributed by atoms with van der Waals surface area (Å²) in [6.45, 7) is 0. The van der Waals surface area contributed by atoms with Gasteiger partial charge in [-0.1, -0.05) is 0 Å². The number of carbonyl (C=O) groups excluding carboxylic acids is 1. The lowest BCUT2D eigenvalue weighted by Crippen LogP contribution is -2.20. The summed E-state index contributed by atoms with van der Waals surface area (Å²) < 4.78 is 12.6. The molecule has 2 rings (SSSR count). The van der Waals surface area contributed by atoms with Crippen molar-refractivity contribution < 1.29 is 14.3 Å². The van der Waals surface area contributed by atoms with Crippen LogP contribution >= 0.6 is 0 Å². The number of aliphatic hydroxyl groups excluding tert-OH is 1. The van der Waals surface area contributed by atoms with Crippen molar-refractivity contribution in [2.45, 2.75) is 6.23 Å². The molecular formula is C8H6FNO2. The van der Waals surface area contributed by atoms with Crippen LogP contribution in [0.4, 0.5) is 10.1 Å². The van der Waals surface area contributed by atoms with Gasteiger partial charge in [-0.25, -0.2) is 4.39 Å². The van der Waals surface area contributed by atoms with Crippen LogP contribution in [0.2, 0.25) is 0 Å². The molecule has 0 aromatic heterocycles. The number of Topliss-reactive ketones (excluding diaryl/α,β-unsaturated/α-hetero) is 1. The number of hydrogen-bond acceptors (Lipinski definition) is 3. The molecule has 1 aliphatic heterocycles. The molecule has 0 radical (unpaired) electrons. The van der Waals surface area contributed by atoms with Gasteiger partial charge < -0.3 is 10.4 Å². The molecule has 0 saturated heterocycles. The second-order valence-corrected chi connectivity index (χ2v) is 2.60. The monoisotopic (exact) mass is 167 g/mol. The number of nitrogens with one attached hydrogen (secondary N) is 1. The standard InChI is InChI=1S/C8H6FNO2/c9-4-1-2-6-5(3-4)7(11)8(12)10-6/h1-3,8,10,12H. The van der Waals surface area contributed by atoms with Crippen LogP contribution in [0.5, 0.6) is 0 Å². The van der Waals surface area contributed by atoms with Crippen molar-refractivity contribution in [3.8, 4) is 0 Å². The zero-order chi connectivity index (χ0) is 8.72. The second kappa shape index (κ2) is 2.28. The topological polar surface area (TPSA) is 49.3 Å². The van der Waals surface area contributed by atoms with E-state index in [-0.39, 0.29) is 5.56 Å². The fourth-order valence-electron chi connectivity index (χ4n) is 1.21. The van der Waals surface area contributed by atoms with Gasteiger partial charge in [0, 0.05) is 11.3 Å². The van der Waals surface area contributed by atoms with E-state index >= 15 is 0 Å². The summed E-state index contributed by atoms with van der Waals surface area (Å²) in [5, 5.41) is 11.5. The van der Waals surface area contributed by atoms with Crippen molar-refractivity contribution in [2.24, 2.45) is 0 Å². The average Bonchev–Trinajstić information content (AvgIpc) is 2.31. The smallest absolute Gasteiger partial charge is 0.213 e. The fraction of sp³-hybridized carbons (Fsp3) is 0.125. The highest BCUT2D eigenvalue weighted by atomic mass is 19.1. The van der Waals surface area contributed by atoms with Crippen LogP contribution in [0.1, 0.15) is 10.4 Å². The van der Waals surface area contributed by atoms with E-state index in [1.165, 1.54) is 12.1 Å². The lowest BCUT2D eigenvalue weighted by Gasteiger charge is -1.98. The molecular weight excluding hydrogens is 161 g/mol. The van der Waals surface area contributed by atoms with Crippen molar-refractivity contribution in [3.63, 3.8) is 0 Å². The van der Waals surface area contributed by atoms with Gasteiger partial charge in [0.15, 0.2) is 6.23 Å². The number of anilines is 1. The minimum Gasteiger partial charge on any atom is -0.367 e. The number of fused-ring (bicyclic) bond motifs is 1. The number of ketones is 1. The minimum atomic E-state index is -1.22. The molecule has 0 amide bonds. The first-order valence-electron chi connectivity index (χ1n) is 3.47. The summed E-state index contributed by atoms with van der Waals surface area (Å²) in [6, 6.07) is 3.77. The zero-order valence-electron chi connectivity index (χ0n) is 6.04. The summed E-state index contributed by atoms with van der Waals surface area (Å²) in [6.07, 6.45) is -1.22. The van der Waals surface area contributed by atoms with Crippen molar-refractivity contribution in [1.82, 2.24) is 0 Å². The predicted octanol–water partition coefficient (Wildman–Crippen LogP) is 0.752. The third kappa shape index (κ3) is 0.887. The number of carbonyl (C=O) groups is 1. The molecule has 12 heavy (non-hydrogen) atoms. The molecule has 0 aliphatic carbocycles. The van der Waals surface area contributed by atoms with E-state index in [0.717, 1.165) is 6.07 Å². The van der Waals surface area contributed by atoms with Crippen LogP contribution in [0.15, 0.2) is 18.2 Å². The van der Waals surface area contributed by atoms with Gasteiger partial charge in [-0.05, 0) is 18.2 Å². The minimum absolute atomic E-state index is 0.211. The third-order valence-corrected chi connectivity index (χ3v) is 1.79. The van der Waals surface area contributed by atoms with Gasteiger partial charge in [0.2, 0.25) is 5.78 Å². The van der Waals surface area contributed by atoms with E-state index in [0.29, 0.717) is 5.69 Å². The summed E-state index contributed by atoms with van der Waals surface area (Å²) in [5.41, 5.74) is 0.691. The molecule has 1 aliphatic rings. The molecule has 0 spiro atoms. The highest BCUT2D eigenvalue weighted by Gasteiger charge is 2.27. The Morgan fingerprint density at radius 2 is 2.25 bits per heavy atom. The molecule has 0 saturated carbocycles. The van der Waals surface area contributed by atoms with E-state index in [1.807, 2.05) is 0 Å². The van der Waals surface area contributed by atoms with Gasteiger partial charge >= 0.3 is 0 Å². The van der Waals surface area contributed by atoms with Crippen LogP contribution in [-0.4, -0.2) is 17.1 Å². The predicted molar refractivity (Wildman–Crippen MR) is 40.4 cm³/mol. The quantitative estimate of drug-likeness (QED) is 0.599. The van der Waals surface area contributed by atoms with E-state index in [9.17, 15) is 9.18 Å². The summed E-state index contributed by atoms with van der Waals surface area (Å²) in [5.74, 6) is -0.956. The first-order chi connectivity index (χ1) is 5.68. The maximum Gasteiger partial charge on any atom is 0.213 e. The SMILES string of the molecule is O=C1c2cc(F)ccc2NC1O. The molecule has 3 nitrogen and oxygen atoms in total. The van der Waals surface area contributed by atoms with Gasteiger partial charge in [-0.3, -0.25) is 4.79 Å². The Morgan fingerprint density at radius 1 is 1.50 bits per heavy atom. The van der Waals surface area contributed by atoms with E-state index < -0.39 is 17.8 Å². The molecule has 1 atom stereocenters. The van der Waals surface area contributed by atoms with E-state index in [2.05, 4.69) is 5.32 Å². The Bertz CT molecular complexity index is 351. The zero-order valence-corrected chi connectivity index (χ0v) is 6.04. The van der Waals surface area contributed by atoms with Crippen LogP contribution in [0.3, 0.4) is 0 Å². The lowest BCUT2D eigenvalue weighted by molar-refractivity contribution is 0.0814. The van der Waals surface area contributed by atoms with E-state index in [4.69, 9.17) is 5.11 Å². The van der Waals surface area contributed by atoms with Crippen molar-refractivity contribution in [2.75, 3.05) is 5.32 Å². The Labute approximate surface area is 67.8 Å². The average molecular weight is 167 g/mol. The molecule has 0 fully saturated rings. The number of hydrogen-bond donors (Lipinski definition) is 2. The number of halogens is 1.